The molecule has 1 aromatic carbocycles. The monoisotopic (exact) mass is 368 g/mol. The van der Waals surface area contributed by atoms with Gasteiger partial charge in [-0.1, -0.05) is 17.4 Å². The van der Waals surface area contributed by atoms with E-state index in [0.717, 1.165) is 38.2 Å². The van der Waals surface area contributed by atoms with Crippen LogP contribution in [0.1, 0.15) is 41.6 Å². The molecule has 0 bridgehead atoms. The number of rotatable bonds is 5. The summed E-state index contributed by atoms with van der Waals surface area (Å²) in [4.78, 5) is 2.49. The number of ether oxygens (including phenoxy) is 1. The van der Waals surface area contributed by atoms with E-state index in [1.807, 2.05) is 0 Å². The van der Waals surface area contributed by atoms with Gasteiger partial charge in [-0.2, -0.15) is 0 Å². The Labute approximate surface area is 157 Å². The zero-order valence-electron chi connectivity index (χ0n) is 15.1. The quantitative estimate of drug-likeness (QED) is 0.684. The number of aryl methyl sites for hydroxylation is 1. The van der Waals surface area contributed by atoms with Crippen molar-refractivity contribution in [2.75, 3.05) is 13.1 Å². The summed E-state index contributed by atoms with van der Waals surface area (Å²) >= 11 is 1.81. The van der Waals surface area contributed by atoms with Gasteiger partial charge in [-0.05, 0) is 43.9 Å². The number of aromatic nitrogens is 3. The molecule has 3 aromatic rings. The number of piperidine rings is 1. The van der Waals surface area contributed by atoms with Gasteiger partial charge in [0.25, 0.3) is 0 Å². The molecule has 2 aromatic heterocycles. The third kappa shape index (κ3) is 3.23. The van der Waals surface area contributed by atoms with Crippen LogP contribution < -0.4 is 4.74 Å². The average Bonchev–Trinajstić information content (AvgIpc) is 3.29. The summed E-state index contributed by atoms with van der Waals surface area (Å²) in [7, 11) is 2.08. The van der Waals surface area contributed by atoms with Gasteiger partial charge in [-0.15, -0.1) is 10.2 Å². The van der Waals surface area contributed by atoms with Gasteiger partial charge in [-0.25, -0.2) is 0 Å². The zero-order chi connectivity index (χ0) is 17.5. The molecule has 2 aliphatic rings. The van der Waals surface area contributed by atoms with Gasteiger partial charge in [0.05, 0.1) is 12.1 Å². The lowest BCUT2D eigenvalue weighted by molar-refractivity contribution is 0.0978. The van der Waals surface area contributed by atoms with Crippen molar-refractivity contribution in [1.29, 1.82) is 0 Å². The van der Waals surface area contributed by atoms with E-state index in [2.05, 4.69) is 57.2 Å². The minimum Gasteiger partial charge on any atom is -0.490 e. The molecular weight excluding hydrogens is 344 g/mol. The van der Waals surface area contributed by atoms with Crippen LogP contribution in [0.4, 0.5) is 0 Å². The minimum atomic E-state index is 0.300. The summed E-state index contributed by atoms with van der Waals surface area (Å²) in [5.74, 6) is 1.72. The summed E-state index contributed by atoms with van der Waals surface area (Å²) in [5, 5.41) is 12.4. The Bertz CT molecular complexity index is 906. The Hall–Kier alpha value is -1.92. The molecule has 1 saturated heterocycles. The lowest BCUT2D eigenvalue weighted by Crippen LogP contribution is -2.37. The maximum atomic E-state index is 6.36. The molecule has 0 unspecified atom stereocenters. The van der Waals surface area contributed by atoms with E-state index >= 15 is 0 Å². The average molecular weight is 369 g/mol. The third-order valence-electron chi connectivity index (χ3n) is 5.48. The van der Waals surface area contributed by atoms with Crippen LogP contribution in [0, 0.1) is 0 Å². The molecule has 0 N–H and O–H groups in total. The minimum absolute atomic E-state index is 0.300. The van der Waals surface area contributed by atoms with Crippen molar-refractivity contribution in [1.82, 2.24) is 19.7 Å². The van der Waals surface area contributed by atoms with E-state index in [1.165, 1.54) is 33.8 Å². The van der Waals surface area contributed by atoms with Crippen molar-refractivity contribution >= 4 is 22.2 Å². The molecule has 0 amide bonds. The van der Waals surface area contributed by atoms with Crippen LogP contribution in [-0.4, -0.2) is 38.9 Å². The lowest BCUT2D eigenvalue weighted by Gasteiger charge is -2.31. The van der Waals surface area contributed by atoms with Gasteiger partial charge < -0.3 is 9.30 Å². The van der Waals surface area contributed by atoms with Crippen molar-refractivity contribution in [3.8, 4) is 5.75 Å². The highest BCUT2D eigenvalue weighted by Crippen LogP contribution is 2.41. The first kappa shape index (κ1) is 16.3. The van der Waals surface area contributed by atoms with Crippen molar-refractivity contribution in [3.05, 3.63) is 40.5 Å². The fourth-order valence-corrected chi connectivity index (χ4v) is 4.81. The lowest BCUT2D eigenvalue weighted by atomic mass is 10.1. The van der Waals surface area contributed by atoms with Crippen LogP contribution in [0.5, 0.6) is 5.75 Å². The SMILES string of the molecule is Cn1ccc2c(OC3CCN(Cc4nnc(C5CC5)s4)CC3)cccc21. The van der Waals surface area contributed by atoms with E-state index in [-0.39, 0.29) is 0 Å². The predicted octanol–water partition coefficient (Wildman–Crippen LogP) is 3.95. The van der Waals surface area contributed by atoms with Crippen LogP contribution >= 0.6 is 11.3 Å². The predicted molar refractivity (Wildman–Crippen MR) is 104 cm³/mol. The summed E-state index contributed by atoms with van der Waals surface area (Å²) in [6.07, 6.45) is 7.12. The van der Waals surface area contributed by atoms with Crippen LogP contribution in [0.25, 0.3) is 10.9 Å². The maximum Gasteiger partial charge on any atom is 0.131 e. The van der Waals surface area contributed by atoms with Crippen molar-refractivity contribution in [2.45, 2.75) is 44.2 Å². The highest BCUT2D eigenvalue weighted by Gasteiger charge is 2.28. The molecule has 26 heavy (non-hydrogen) atoms. The number of hydrogen-bond acceptors (Lipinski definition) is 5. The van der Waals surface area contributed by atoms with Crippen LogP contribution in [-0.2, 0) is 13.6 Å². The van der Waals surface area contributed by atoms with Gasteiger partial charge in [0.1, 0.15) is 21.9 Å². The highest BCUT2D eigenvalue weighted by atomic mass is 32.1. The Morgan fingerprint density at radius 3 is 2.77 bits per heavy atom. The first-order valence-electron chi connectivity index (χ1n) is 9.51. The standard InChI is InChI=1S/C20H24N4OS/c1-23-10-9-16-17(23)3-2-4-18(16)25-15-7-11-24(12-8-15)13-19-21-22-20(26-19)14-5-6-14/h2-4,9-10,14-15H,5-8,11-13H2,1H3. The second-order valence-electron chi connectivity index (χ2n) is 7.52. The molecule has 5 nitrogen and oxygen atoms in total. The van der Waals surface area contributed by atoms with Crippen molar-refractivity contribution in [2.24, 2.45) is 7.05 Å². The Morgan fingerprint density at radius 2 is 1.96 bits per heavy atom. The summed E-state index contributed by atoms with van der Waals surface area (Å²) in [5.41, 5.74) is 1.22. The fraction of sp³-hybridized carbons (Fsp3) is 0.500. The molecule has 0 atom stereocenters. The number of hydrogen-bond donors (Lipinski definition) is 0. The Morgan fingerprint density at radius 1 is 1.12 bits per heavy atom. The second kappa shape index (κ2) is 6.67. The highest BCUT2D eigenvalue weighted by molar-refractivity contribution is 7.11. The number of benzene rings is 1. The van der Waals surface area contributed by atoms with Crippen LogP contribution in [0.2, 0.25) is 0 Å². The molecule has 3 heterocycles. The Kier molecular flexibility index (Phi) is 4.17. The fourth-order valence-electron chi connectivity index (χ4n) is 3.76. The van der Waals surface area contributed by atoms with E-state index in [1.54, 1.807) is 11.3 Å². The van der Waals surface area contributed by atoms with Crippen LogP contribution in [0.15, 0.2) is 30.5 Å². The maximum absolute atomic E-state index is 6.36. The van der Waals surface area contributed by atoms with Gasteiger partial charge in [-0.3, -0.25) is 4.90 Å². The van der Waals surface area contributed by atoms with E-state index < -0.39 is 0 Å². The van der Waals surface area contributed by atoms with E-state index in [9.17, 15) is 0 Å². The summed E-state index contributed by atoms with van der Waals surface area (Å²) in [6, 6.07) is 8.46. The summed E-state index contributed by atoms with van der Waals surface area (Å²) in [6.45, 7) is 3.06. The third-order valence-corrected chi connectivity index (χ3v) is 6.55. The molecule has 1 aliphatic heterocycles. The number of nitrogens with zero attached hydrogens (tertiary/aromatic N) is 4. The first-order valence-corrected chi connectivity index (χ1v) is 10.3. The molecule has 1 saturated carbocycles. The van der Waals surface area contributed by atoms with E-state index in [0.29, 0.717) is 12.0 Å². The topological polar surface area (TPSA) is 43.2 Å². The Balaban J connectivity index is 1.18. The van der Waals surface area contributed by atoms with Crippen molar-refractivity contribution in [3.63, 3.8) is 0 Å². The number of fused-ring (bicyclic) bond motifs is 1. The van der Waals surface area contributed by atoms with Gasteiger partial charge in [0.2, 0.25) is 0 Å². The molecule has 0 spiro atoms. The second-order valence-corrected chi connectivity index (χ2v) is 8.61. The molecule has 6 heteroatoms. The molecule has 136 valence electrons. The van der Waals surface area contributed by atoms with Crippen LogP contribution in [0.3, 0.4) is 0 Å². The van der Waals surface area contributed by atoms with Gasteiger partial charge in [0.15, 0.2) is 0 Å². The summed E-state index contributed by atoms with van der Waals surface area (Å²) < 4.78 is 8.50. The first-order chi connectivity index (χ1) is 12.8. The smallest absolute Gasteiger partial charge is 0.131 e. The van der Waals surface area contributed by atoms with Gasteiger partial charge in [0, 0.05) is 37.6 Å². The number of likely N-dealkylation sites (tertiary alicyclic amines) is 1. The molecular formula is C20H24N4OS. The van der Waals surface area contributed by atoms with Crippen molar-refractivity contribution < 1.29 is 4.74 Å². The van der Waals surface area contributed by atoms with Gasteiger partial charge >= 0.3 is 0 Å². The van der Waals surface area contributed by atoms with E-state index in [4.69, 9.17) is 4.74 Å². The molecule has 0 radical (unpaired) electrons. The zero-order valence-corrected chi connectivity index (χ0v) is 15.9. The largest absolute Gasteiger partial charge is 0.490 e. The normalized spacial score (nSPS) is 19.3. The molecule has 5 rings (SSSR count). The molecule has 2 fully saturated rings. The molecule has 1 aliphatic carbocycles.